The predicted molar refractivity (Wildman–Crippen MR) is 144 cm³/mol. The number of aromatic nitrogens is 5. The van der Waals surface area contributed by atoms with E-state index in [-0.39, 0.29) is 12.2 Å². The number of fused-ring (bicyclic) bond motifs is 2. The van der Waals surface area contributed by atoms with Gasteiger partial charge in [0.2, 0.25) is 5.95 Å². The molecule has 0 atom stereocenters. The van der Waals surface area contributed by atoms with Gasteiger partial charge in [-0.3, -0.25) is 18.9 Å². The topological polar surface area (TPSA) is 131 Å². The van der Waals surface area contributed by atoms with E-state index in [4.69, 9.17) is 9.84 Å². The smallest absolute Gasteiger partial charge is 0.414 e. The Morgan fingerprint density at radius 2 is 1.89 bits per heavy atom. The highest BCUT2D eigenvalue weighted by molar-refractivity contribution is 5.95. The van der Waals surface area contributed by atoms with Gasteiger partial charge in [0.15, 0.2) is 0 Å². The molecule has 0 saturated carbocycles. The van der Waals surface area contributed by atoms with E-state index in [0.717, 1.165) is 5.69 Å². The van der Waals surface area contributed by atoms with Gasteiger partial charge in [-0.15, -0.1) is 0 Å². The third-order valence-corrected chi connectivity index (χ3v) is 6.06. The number of ether oxygens (including phenoxy) is 1. The fourth-order valence-electron chi connectivity index (χ4n) is 4.38. The number of pyridine rings is 1. The van der Waals surface area contributed by atoms with Gasteiger partial charge in [-0.2, -0.15) is 10.1 Å². The van der Waals surface area contributed by atoms with Crippen LogP contribution in [0.15, 0.2) is 53.7 Å². The van der Waals surface area contributed by atoms with E-state index in [2.05, 4.69) is 20.4 Å². The summed E-state index contributed by atoms with van der Waals surface area (Å²) in [6.07, 6.45) is 4.58. The molecule has 0 fully saturated rings. The van der Waals surface area contributed by atoms with E-state index >= 15 is 0 Å². The highest BCUT2D eigenvalue weighted by Gasteiger charge is 2.31. The van der Waals surface area contributed by atoms with Crippen LogP contribution in [0.1, 0.15) is 20.8 Å². The number of carbonyl (C=O) groups is 1. The second-order valence-corrected chi connectivity index (χ2v) is 9.98. The van der Waals surface area contributed by atoms with Gasteiger partial charge in [-0.1, -0.05) is 12.1 Å². The lowest BCUT2D eigenvalue weighted by Gasteiger charge is -2.38. The second kappa shape index (κ2) is 9.78. The van der Waals surface area contributed by atoms with Gasteiger partial charge in [0, 0.05) is 37.9 Å². The lowest BCUT2D eigenvalue weighted by atomic mass is 10.1. The molecule has 1 amide bonds. The average Bonchev–Trinajstić information content (AvgIpc) is 3.32. The first-order valence-electron chi connectivity index (χ1n) is 12.3. The molecule has 38 heavy (non-hydrogen) atoms. The molecule has 12 heteroatoms. The quantitative estimate of drug-likeness (QED) is 0.409. The van der Waals surface area contributed by atoms with Crippen LogP contribution in [0.2, 0.25) is 0 Å². The van der Waals surface area contributed by atoms with Crippen LogP contribution in [-0.2, 0) is 18.3 Å². The maximum absolute atomic E-state index is 13.5. The third kappa shape index (κ3) is 4.90. The number of benzene rings is 1. The van der Waals surface area contributed by atoms with Crippen molar-refractivity contribution in [2.24, 2.45) is 7.05 Å². The molecule has 0 aliphatic carbocycles. The van der Waals surface area contributed by atoms with Crippen molar-refractivity contribution in [1.29, 1.82) is 0 Å². The number of hydrogen-bond donors (Lipinski definition) is 2. The Morgan fingerprint density at radius 3 is 2.63 bits per heavy atom. The number of aliphatic hydroxyl groups is 1. The predicted octanol–water partition coefficient (Wildman–Crippen LogP) is 3.15. The first kappa shape index (κ1) is 25.2. The molecule has 4 heterocycles. The molecule has 0 bridgehead atoms. The van der Waals surface area contributed by atoms with Crippen molar-refractivity contribution >= 4 is 45.8 Å². The molecule has 198 valence electrons. The van der Waals surface area contributed by atoms with E-state index in [9.17, 15) is 9.59 Å². The Labute approximate surface area is 219 Å². The molecule has 3 aromatic heterocycles. The lowest BCUT2D eigenvalue weighted by Crippen LogP contribution is -2.45. The summed E-state index contributed by atoms with van der Waals surface area (Å²) in [4.78, 5) is 38.9. The number of hydrogen-bond acceptors (Lipinski definition) is 9. The molecule has 12 nitrogen and oxygen atoms in total. The van der Waals surface area contributed by atoms with Crippen LogP contribution >= 0.6 is 0 Å². The molecule has 2 N–H and O–H groups in total. The maximum Gasteiger partial charge on any atom is 0.414 e. The van der Waals surface area contributed by atoms with Crippen LogP contribution in [0, 0.1) is 0 Å². The molecule has 5 rings (SSSR count). The fourth-order valence-corrected chi connectivity index (χ4v) is 4.38. The summed E-state index contributed by atoms with van der Waals surface area (Å²) >= 11 is 0. The van der Waals surface area contributed by atoms with Gasteiger partial charge < -0.3 is 20.1 Å². The van der Waals surface area contributed by atoms with Gasteiger partial charge in [0.1, 0.15) is 16.9 Å². The van der Waals surface area contributed by atoms with E-state index in [0.29, 0.717) is 53.7 Å². The Bertz CT molecular complexity index is 1560. The number of carbonyl (C=O) groups excluding carboxylic acids is 1. The number of amides is 1. The SMILES string of the molecule is Cn1c(=O)c(N2CCN(C(=O)OC(C)(C)C)c3ccccc32)cc2cnc(Nc3cnn(CCO)c3)nc21. The first-order valence-corrected chi connectivity index (χ1v) is 12.3. The van der Waals surface area contributed by atoms with E-state index in [1.807, 2.05) is 49.9 Å². The summed E-state index contributed by atoms with van der Waals surface area (Å²) in [6.45, 7) is 6.63. The largest absolute Gasteiger partial charge is 0.443 e. The fraction of sp³-hybridized carbons (Fsp3) is 0.346. The number of anilines is 5. The van der Waals surface area contributed by atoms with Crippen LogP contribution in [-0.4, -0.2) is 60.8 Å². The summed E-state index contributed by atoms with van der Waals surface area (Å²) in [6, 6.07) is 9.24. The van der Waals surface area contributed by atoms with Crippen LogP contribution in [0.5, 0.6) is 0 Å². The highest BCUT2D eigenvalue weighted by Crippen LogP contribution is 2.37. The molecule has 0 saturated heterocycles. The summed E-state index contributed by atoms with van der Waals surface area (Å²) in [5.41, 5.74) is 2.17. The zero-order valence-electron chi connectivity index (χ0n) is 21.7. The number of nitrogens with one attached hydrogen (secondary N) is 1. The average molecular weight is 519 g/mol. The highest BCUT2D eigenvalue weighted by atomic mass is 16.6. The monoisotopic (exact) mass is 518 g/mol. The maximum atomic E-state index is 13.5. The molecule has 0 unspecified atom stereocenters. The van der Waals surface area contributed by atoms with Crippen molar-refractivity contribution < 1.29 is 14.6 Å². The minimum absolute atomic E-state index is 0.0153. The summed E-state index contributed by atoms with van der Waals surface area (Å²) in [5, 5.41) is 17.0. The number of nitrogens with zero attached hydrogens (tertiary/aromatic N) is 7. The number of para-hydroxylation sites is 2. The van der Waals surface area contributed by atoms with Gasteiger partial charge in [-0.05, 0) is 39.0 Å². The number of aryl methyl sites for hydroxylation is 1. The third-order valence-electron chi connectivity index (χ3n) is 6.06. The standard InChI is InChI=1S/C26H30N8O4/c1-26(2,3)38-25(37)34-10-9-33(19-7-5-6-8-20(19)34)21-13-17-14-27-24(30-22(17)31(4)23(21)36)29-18-15-28-32(16-18)11-12-35/h5-8,13-16,35H,9-12H2,1-4H3,(H,27,29,30). The molecule has 4 aromatic rings. The second-order valence-electron chi connectivity index (χ2n) is 9.98. The van der Waals surface area contributed by atoms with E-state index in [1.165, 1.54) is 4.57 Å². The van der Waals surface area contributed by atoms with Crippen LogP contribution in [0.3, 0.4) is 0 Å². The van der Waals surface area contributed by atoms with Crippen LogP contribution in [0.4, 0.5) is 33.5 Å². The Balaban J connectivity index is 1.48. The van der Waals surface area contributed by atoms with E-state index in [1.54, 1.807) is 41.3 Å². The van der Waals surface area contributed by atoms with Gasteiger partial charge in [0.05, 0.1) is 36.4 Å². The molecule has 0 spiro atoms. The van der Waals surface area contributed by atoms with Crippen molar-refractivity contribution in [2.45, 2.75) is 32.9 Å². The summed E-state index contributed by atoms with van der Waals surface area (Å²) in [5.74, 6) is 0.320. The minimum atomic E-state index is -0.620. The number of rotatable bonds is 5. The first-order chi connectivity index (χ1) is 18.1. The van der Waals surface area contributed by atoms with Crippen molar-refractivity contribution in [1.82, 2.24) is 24.3 Å². The molecule has 1 aliphatic heterocycles. The Hall–Kier alpha value is -4.45. The van der Waals surface area contributed by atoms with E-state index < -0.39 is 11.7 Å². The Kier molecular flexibility index (Phi) is 6.49. The zero-order valence-corrected chi connectivity index (χ0v) is 21.7. The van der Waals surface area contributed by atoms with Gasteiger partial charge in [-0.25, -0.2) is 9.78 Å². The molecule has 1 aliphatic rings. The normalized spacial score (nSPS) is 13.5. The van der Waals surface area contributed by atoms with Gasteiger partial charge >= 0.3 is 6.09 Å². The Morgan fingerprint density at radius 1 is 1.13 bits per heavy atom. The minimum Gasteiger partial charge on any atom is -0.443 e. The zero-order chi connectivity index (χ0) is 27.0. The molecule has 0 radical (unpaired) electrons. The van der Waals surface area contributed by atoms with Crippen molar-refractivity contribution in [3.8, 4) is 0 Å². The van der Waals surface area contributed by atoms with Gasteiger partial charge in [0.25, 0.3) is 5.56 Å². The van der Waals surface area contributed by atoms with Crippen molar-refractivity contribution in [3.63, 3.8) is 0 Å². The van der Waals surface area contributed by atoms with Crippen molar-refractivity contribution in [2.75, 3.05) is 34.8 Å². The van der Waals surface area contributed by atoms with Crippen LogP contribution < -0.4 is 20.7 Å². The molecule has 1 aromatic carbocycles. The number of aliphatic hydroxyl groups excluding tert-OH is 1. The van der Waals surface area contributed by atoms with Crippen molar-refractivity contribution in [3.05, 3.63) is 59.3 Å². The molecular formula is C26H30N8O4. The summed E-state index contributed by atoms with van der Waals surface area (Å²) < 4.78 is 8.71. The summed E-state index contributed by atoms with van der Waals surface area (Å²) in [7, 11) is 1.67. The van der Waals surface area contributed by atoms with Crippen LogP contribution in [0.25, 0.3) is 11.0 Å². The molecular weight excluding hydrogens is 488 g/mol. The lowest BCUT2D eigenvalue weighted by molar-refractivity contribution is 0.0580.